The number of carbonyl (C=O) groups excluding carboxylic acids is 1. The Balaban J connectivity index is 2.76. The molecule has 0 aliphatic rings. The molecule has 1 rings (SSSR count). The number of benzene rings is 1. The topological polar surface area (TPSA) is 41.1 Å². The molecular formula is C15H24N2O. The molecule has 100 valence electrons. The average molecular weight is 248 g/mol. The summed E-state index contributed by atoms with van der Waals surface area (Å²) in [7, 11) is 1.65. The van der Waals surface area contributed by atoms with Crippen LogP contribution in [-0.4, -0.2) is 19.0 Å². The van der Waals surface area contributed by atoms with Gasteiger partial charge in [-0.2, -0.15) is 0 Å². The Hall–Kier alpha value is -1.51. The first-order valence-corrected chi connectivity index (χ1v) is 6.53. The largest absolute Gasteiger partial charge is 0.382 e. The molecule has 0 aromatic heterocycles. The minimum Gasteiger partial charge on any atom is -0.382 e. The van der Waals surface area contributed by atoms with Gasteiger partial charge >= 0.3 is 0 Å². The van der Waals surface area contributed by atoms with Gasteiger partial charge in [0.1, 0.15) is 0 Å². The summed E-state index contributed by atoms with van der Waals surface area (Å²) in [6, 6.07) is 6.20. The van der Waals surface area contributed by atoms with Crippen molar-refractivity contribution in [3.05, 3.63) is 29.3 Å². The summed E-state index contributed by atoms with van der Waals surface area (Å²) in [5.74, 6) is 0.637. The highest BCUT2D eigenvalue weighted by molar-refractivity contribution is 5.94. The van der Waals surface area contributed by atoms with Crippen LogP contribution in [0.2, 0.25) is 0 Å². The molecule has 0 aliphatic carbocycles. The monoisotopic (exact) mass is 248 g/mol. The predicted octanol–water partition coefficient (Wildman–Crippen LogP) is 3.20. The molecule has 1 aromatic carbocycles. The Bertz CT molecular complexity index is 413. The van der Waals surface area contributed by atoms with E-state index in [2.05, 4.69) is 31.4 Å². The van der Waals surface area contributed by atoms with Crippen LogP contribution >= 0.6 is 0 Å². The van der Waals surface area contributed by atoms with Crippen molar-refractivity contribution < 1.29 is 4.79 Å². The second-order valence-corrected chi connectivity index (χ2v) is 5.28. The van der Waals surface area contributed by atoms with Crippen molar-refractivity contribution in [1.82, 2.24) is 5.32 Å². The van der Waals surface area contributed by atoms with Crippen molar-refractivity contribution in [2.24, 2.45) is 5.92 Å². The molecule has 0 saturated carbocycles. The zero-order valence-electron chi connectivity index (χ0n) is 12.0. The molecule has 0 heterocycles. The predicted molar refractivity (Wildman–Crippen MR) is 77.1 cm³/mol. The van der Waals surface area contributed by atoms with E-state index in [-0.39, 0.29) is 5.91 Å². The maximum absolute atomic E-state index is 11.5. The molecule has 0 spiro atoms. The fraction of sp³-hybridized carbons (Fsp3) is 0.533. The lowest BCUT2D eigenvalue weighted by molar-refractivity contribution is 0.0963. The number of hydrogen-bond donors (Lipinski definition) is 2. The molecule has 0 radical (unpaired) electrons. The van der Waals surface area contributed by atoms with Gasteiger partial charge in [-0.05, 0) is 49.9 Å². The van der Waals surface area contributed by atoms with Crippen LogP contribution in [0.5, 0.6) is 0 Å². The number of nitrogens with one attached hydrogen (secondary N) is 2. The van der Waals surface area contributed by atoms with Crippen LogP contribution < -0.4 is 10.6 Å². The SMILES string of the molecule is CNC(=O)c1ccc(NC(C)CC(C)C)c(C)c1. The van der Waals surface area contributed by atoms with Gasteiger partial charge in [-0.15, -0.1) is 0 Å². The molecule has 0 aliphatic heterocycles. The molecule has 1 atom stereocenters. The van der Waals surface area contributed by atoms with Crippen LogP contribution in [0.25, 0.3) is 0 Å². The van der Waals surface area contributed by atoms with Crippen LogP contribution in [0.15, 0.2) is 18.2 Å². The summed E-state index contributed by atoms with van der Waals surface area (Å²) in [5.41, 5.74) is 2.92. The second kappa shape index (κ2) is 6.43. The van der Waals surface area contributed by atoms with Crippen molar-refractivity contribution in [3.8, 4) is 0 Å². The zero-order chi connectivity index (χ0) is 13.7. The van der Waals surface area contributed by atoms with Gasteiger partial charge in [0.2, 0.25) is 0 Å². The van der Waals surface area contributed by atoms with Gasteiger partial charge in [0.05, 0.1) is 0 Å². The van der Waals surface area contributed by atoms with E-state index in [1.54, 1.807) is 7.05 Å². The maximum Gasteiger partial charge on any atom is 0.251 e. The summed E-state index contributed by atoms with van der Waals surface area (Å²) < 4.78 is 0. The Morgan fingerprint density at radius 3 is 2.44 bits per heavy atom. The Morgan fingerprint density at radius 1 is 1.28 bits per heavy atom. The third-order valence-electron chi connectivity index (χ3n) is 2.94. The van der Waals surface area contributed by atoms with Crippen LogP contribution in [0.1, 0.15) is 43.1 Å². The molecule has 1 amide bonds. The van der Waals surface area contributed by atoms with E-state index in [0.29, 0.717) is 17.5 Å². The van der Waals surface area contributed by atoms with Crippen molar-refractivity contribution in [2.75, 3.05) is 12.4 Å². The van der Waals surface area contributed by atoms with Gasteiger partial charge in [0, 0.05) is 24.3 Å². The van der Waals surface area contributed by atoms with E-state index in [1.165, 1.54) is 0 Å². The van der Waals surface area contributed by atoms with Gasteiger partial charge in [-0.1, -0.05) is 13.8 Å². The van der Waals surface area contributed by atoms with Crippen molar-refractivity contribution >= 4 is 11.6 Å². The molecule has 0 bridgehead atoms. The highest BCUT2D eigenvalue weighted by Gasteiger charge is 2.09. The van der Waals surface area contributed by atoms with Crippen LogP contribution in [0.4, 0.5) is 5.69 Å². The minimum atomic E-state index is -0.0418. The summed E-state index contributed by atoms with van der Waals surface area (Å²) in [6.45, 7) is 8.66. The van der Waals surface area contributed by atoms with Gasteiger partial charge in [-0.3, -0.25) is 4.79 Å². The second-order valence-electron chi connectivity index (χ2n) is 5.28. The third kappa shape index (κ3) is 4.06. The van der Waals surface area contributed by atoms with Crippen molar-refractivity contribution in [3.63, 3.8) is 0 Å². The zero-order valence-corrected chi connectivity index (χ0v) is 12.0. The number of carbonyl (C=O) groups is 1. The Kier molecular flexibility index (Phi) is 5.20. The number of amides is 1. The fourth-order valence-corrected chi connectivity index (χ4v) is 2.14. The van der Waals surface area contributed by atoms with E-state index >= 15 is 0 Å². The van der Waals surface area contributed by atoms with Gasteiger partial charge in [-0.25, -0.2) is 0 Å². The van der Waals surface area contributed by atoms with Crippen molar-refractivity contribution in [1.29, 1.82) is 0 Å². The molecule has 3 heteroatoms. The van der Waals surface area contributed by atoms with Crippen LogP contribution in [-0.2, 0) is 0 Å². The van der Waals surface area contributed by atoms with Gasteiger partial charge in [0.25, 0.3) is 5.91 Å². The van der Waals surface area contributed by atoms with Crippen LogP contribution in [0, 0.1) is 12.8 Å². The lowest BCUT2D eigenvalue weighted by atomic mass is 10.0. The highest BCUT2D eigenvalue weighted by atomic mass is 16.1. The molecule has 0 saturated heterocycles. The number of aryl methyl sites for hydroxylation is 1. The number of hydrogen-bond acceptors (Lipinski definition) is 2. The van der Waals surface area contributed by atoms with E-state index in [9.17, 15) is 4.79 Å². The minimum absolute atomic E-state index is 0.0418. The van der Waals surface area contributed by atoms with E-state index in [1.807, 2.05) is 25.1 Å². The van der Waals surface area contributed by atoms with Crippen molar-refractivity contribution in [2.45, 2.75) is 40.2 Å². The molecule has 1 unspecified atom stereocenters. The van der Waals surface area contributed by atoms with Gasteiger partial charge < -0.3 is 10.6 Å². The standard InChI is InChI=1S/C15H24N2O/c1-10(2)8-12(4)17-14-7-6-13(9-11(14)3)15(18)16-5/h6-7,9-10,12,17H,8H2,1-5H3,(H,16,18). The molecular weight excluding hydrogens is 224 g/mol. The van der Waals surface area contributed by atoms with Gasteiger partial charge in [0.15, 0.2) is 0 Å². The first-order chi connectivity index (χ1) is 8.43. The number of anilines is 1. The first-order valence-electron chi connectivity index (χ1n) is 6.53. The lowest BCUT2D eigenvalue weighted by Gasteiger charge is -2.19. The third-order valence-corrected chi connectivity index (χ3v) is 2.94. The molecule has 0 fully saturated rings. The Morgan fingerprint density at radius 2 is 1.94 bits per heavy atom. The summed E-state index contributed by atoms with van der Waals surface area (Å²) in [4.78, 5) is 11.5. The quantitative estimate of drug-likeness (QED) is 0.840. The molecule has 3 nitrogen and oxygen atoms in total. The summed E-state index contributed by atoms with van der Waals surface area (Å²) in [6.07, 6.45) is 1.14. The smallest absolute Gasteiger partial charge is 0.251 e. The van der Waals surface area contributed by atoms with E-state index < -0.39 is 0 Å². The number of rotatable bonds is 5. The molecule has 18 heavy (non-hydrogen) atoms. The molecule has 2 N–H and O–H groups in total. The average Bonchev–Trinajstić information content (AvgIpc) is 2.29. The first kappa shape index (κ1) is 14.6. The van der Waals surface area contributed by atoms with Crippen LogP contribution in [0.3, 0.4) is 0 Å². The Labute approximate surface area is 110 Å². The van der Waals surface area contributed by atoms with E-state index in [0.717, 1.165) is 17.7 Å². The molecule has 1 aromatic rings. The highest BCUT2D eigenvalue weighted by Crippen LogP contribution is 2.19. The summed E-state index contributed by atoms with van der Waals surface area (Å²) >= 11 is 0. The fourth-order valence-electron chi connectivity index (χ4n) is 2.14. The lowest BCUT2D eigenvalue weighted by Crippen LogP contribution is -2.20. The van der Waals surface area contributed by atoms with E-state index in [4.69, 9.17) is 0 Å². The summed E-state index contributed by atoms with van der Waals surface area (Å²) in [5, 5.41) is 6.13. The normalized spacial score (nSPS) is 12.3. The maximum atomic E-state index is 11.5.